The van der Waals surface area contributed by atoms with E-state index in [0.29, 0.717) is 13.2 Å². The van der Waals surface area contributed by atoms with Gasteiger partial charge in [0.15, 0.2) is 11.1 Å². The summed E-state index contributed by atoms with van der Waals surface area (Å²) in [5.74, 6) is 0. The summed E-state index contributed by atoms with van der Waals surface area (Å²) in [7, 11) is 0. The number of hydrogen-bond acceptors (Lipinski definition) is 2. The Morgan fingerprint density at radius 2 is 2.56 bits per heavy atom. The van der Waals surface area contributed by atoms with Crippen LogP contribution in [0.25, 0.3) is 0 Å². The van der Waals surface area contributed by atoms with Crippen molar-refractivity contribution in [2.24, 2.45) is 0 Å². The molecular weight excluding hydrogens is 140 g/mol. The van der Waals surface area contributed by atoms with Gasteiger partial charge in [0.1, 0.15) is 0 Å². The monoisotopic (exact) mass is 148 g/mol. The van der Waals surface area contributed by atoms with E-state index in [0.717, 1.165) is 12.0 Å². The van der Waals surface area contributed by atoms with Gasteiger partial charge < -0.3 is 9.29 Å². The summed E-state index contributed by atoms with van der Waals surface area (Å²) >= 11 is -1.80. The molecule has 1 atom stereocenters. The molecule has 0 spiro atoms. The molecule has 1 saturated heterocycles. The van der Waals surface area contributed by atoms with E-state index in [1.165, 1.54) is 5.41 Å². The Labute approximate surface area is 56.0 Å². The lowest BCUT2D eigenvalue weighted by Crippen LogP contribution is -1.85. The molecule has 1 aliphatic heterocycles. The third-order valence-corrected chi connectivity index (χ3v) is 1.66. The average Bonchev–Trinajstić information content (AvgIpc) is 2.15. The van der Waals surface area contributed by atoms with E-state index in [1.54, 1.807) is 0 Å². The maximum absolute atomic E-state index is 10.1. The highest BCUT2D eigenvalue weighted by molar-refractivity contribution is 7.82. The molecule has 0 aliphatic carbocycles. The van der Waals surface area contributed by atoms with Crippen molar-refractivity contribution in [1.29, 1.82) is 0 Å². The van der Waals surface area contributed by atoms with E-state index >= 15 is 0 Å². The molecule has 0 aromatic heterocycles. The van der Waals surface area contributed by atoms with E-state index in [9.17, 15) is 4.21 Å². The number of ether oxygens (including phenoxy) is 1. The van der Waals surface area contributed by atoms with Gasteiger partial charge in [-0.15, -0.1) is 0 Å². The summed E-state index contributed by atoms with van der Waals surface area (Å²) in [6, 6.07) is 0. The molecule has 1 fully saturated rings. The predicted octanol–water partition coefficient (Wildman–Crippen LogP) is 0.512. The van der Waals surface area contributed by atoms with Crippen molar-refractivity contribution in [3.8, 4) is 0 Å². The third kappa shape index (κ3) is 2.26. The number of hydrogen-bond donors (Lipinski definition) is 1. The Kier molecular flexibility index (Phi) is 2.38. The molecule has 52 valence electrons. The normalized spacial score (nSPS) is 27.0. The lowest BCUT2D eigenvalue weighted by molar-refractivity contribution is 0.204. The quantitative estimate of drug-likeness (QED) is 0.551. The van der Waals surface area contributed by atoms with Gasteiger partial charge in [0, 0.05) is 5.41 Å². The van der Waals surface area contributed by atoms with Crippen molar-refractivity contribution in [2.45, 2.75) is 6.42 Å². The molecule has 1 heterocycles. The van der Waals surface area contributed by atoms with Gasteiger partial charge in [-0.3, -0.25) is 0 Å². The zero-order valence-corrected chi connectivity index (χ0v) is 5.69. The third-order valence-electron chi connectivity index (χ3n) is 1.12. The minimum Gasteiger partial charge on any atom is -0.377 e. The van der Waals surface area contributed by atoms with Crippen molar-refractivity contribution < 1.29 is 13.5 Å². The smallest absolute Gasteiger partial charge is 0.179 e. The van der Waals surface area contributed by atoms with Crippen molar-refractivity contribution in [2.75, 3.05) is 13.2 Å². The molecule has 0 aromatic carbocycles. The maximum atomic E-state index is 10.1. The Morgan fingerprint density at radius 3 is 3.00 bits per heavy atom. The molecule has 9 heavy (non-hydrogen) atoms. The average molecular weight is 148 g/mol. The highest BCUT2D eigenvalue weighted by atomic mass is 32.2. The molecule has 1 unspecified atom stereocenters. The molecule has 4 heteroatoms. The molecule has 0 aromatic rings. The second-order valence-corrected chi connectivity index (χ2v) is 2.64. The molecule has 0 bridgehead atoms. The van der Waals surface area contributed by atoms with E-state index in [2.05, 4.69) is 0 Å². The van der Waals surface area contributed by atoms with Crippen molar-refractivity contribution in [1.82, 2.24) is 0 Å². The summed E-state index contributed by atoms with van der Waals surface area (Å²) < 4.78 is 23.4. The zero-order chi connectivity index (χ0) is 6.69. The Balaban J connectivity index is 2.49. The fourth-order valence-corrected chi connectivity index (χ4v) is 1.19. The van der Waals surface area contributed by atoms with Crippen LogP contribution in [0.3, 0.4) is 0 Å². The molecule has 3 nitrogen and oxygen atoms in total. The molecule has 1 aliphatic rings. The van der Waals surface area contributed by atoms with Crippen LogP contribution in [0.2, 0.25) is 0 Å². The minimum atomic E-state index is -1.80. The van der Waals surface area contributed by atoms with Crippen LogP contribution in [0.15, 0.2) is 11.0 Å². The molecule has 0 radical (unpaired) electrons. The van der Waals surface area contributed by atoms with Crippen molar-refractivity contribution in [3.05, 3.63) is 11.0 Å². The standard InChI is InChI=1S/C5H8O3S/c6-9(7)4-5-1-2-8-3-5/h4H,1-3H2,(H,6,7). The zero-order valence-electron chi connectivity index (χ0n) is 4.87. The second-order valence-electron chi connectivity index (χ2n) is 1.85. The van der Waals surface area contributed by atoms with Gasteiger partial charge in [-0.25, -0.2) is 4.21 Å². The van der Waals surface area contributed by atoms with Gasteiger partial charge in [0.05, 0.1) is 13.2 Å². The Morgan fingerprint density at radius 1 is 1.78 bits per heavy atom. The molecule has 0 saturated carbocycles. The topological polar surface area (TPSA) is 46.5 Å². The first-order valence-electron chi connectivity index (χ1n) is 2.66. The summed E-state index contributed by atoms with van der Waals surface area (Å²) in [4.78, 5) is 0. The van der Waals surface area contributed by atoms with Crippen LogP contribution in [0.5, 0.6) is 0 Å². The molecular formula is C5H8O3S. The lowest BCUT2D eigenvalue weighted by atomic mass is 10.3. The van der Waals surface area contributed by atoms with E-state index < -0.39 is 11.1 Å². The SMILES string of the molecule is O=S(O)C=C1CCOC1. The summed E-state index contributed by atoms with van der Waals surface area (Å²) in [6.07, 6.45) is 0.798. The lowest BCUT2D eigenvalue weighted by Gasteiger charge is -1.86. The van der Waals surface area contributed by atoms with E-state index in [1.807, 2.05) is 0 Å². The summed E-state index contributed by atoms with van der Waals surface area (Å²) in [5.41, 5.74) is 0.927. The second kappa shape index (κ2) is 3.10. The van der Waals surface area contributed by atoms with Gasteiger partial charge in [-0.05, 0) is 12.0 Å². The fourth-order valence-electron chi connectivity index (χ4n) is 0.714. The number of rotatable bonds is 1. The largest absolute Gasteiger partial charge is 0.377 e. The minimum absolute atomic E-state index is 0.520. The summed E-state index contributed by atoms with van der Waals surface area (Å²) in [5, 5.41) is 1.33. The van der Waals surface area contributed by atoms with Gasteiger partial charge in [0.25, 0.3) is 0 Å². The van der Waals surface area contributed by atoms with Gasteiger partial charge in [-0.1, -0.05) is 0 Å². The Hall–Kier alpha value is -0.190. The van der Waals surface area contributed by atoms with Gasteiger partial charge >= 0.3 is 0 Å². The van der Waals surface area contributed by atoms with Crippen LogP contribution in [-0.4, -0.2) is 22.0 Å². The van der Waals surface area contributed by atoms with Crippen LogP contribution >= 0.6 is 0 Å². The first kappa shape index (κ1) is 6.92. The van der Waals surface area contributed by atoms with Crippen molar-refractivity contribution in [3.63, 3.8) is 0 Å². The molecule has 1 N–H and O–H groups in total. The van der Waals surface area contributed by atoms with Crippen LogP contribution in [0.1, 0.15) is 6.42 Å². The van der Waals surface area contributed by atoms with E-state index in [4.69, 9.17) is 9.29 Å². The van der Waals surface area contributed by atoms with Crippen molar-refractivity contribution >= 4 is 11.1 Å². The van der Waals surface area contributed by atoms with Crippen LogP contribution in [0.4, 0.5) is 0 Å². The van der Waals surface area contributed by atoms with Crippen LogP contribution < -0.4 is 0 Å². The van der Waals surface area contributed by atoms with Gasteiger partial charge in [-0.2, -0.15) is 0 Å². The molecule has 0 amide bonds. The van der Waals surface area contributed by atoms with Gasteiger partial charge in [0.2, 0.25) is 0 Å². The molecule has 1 rings (SSSR count). The highest BCUT2D eigenvalue weighted by Crippen LogP contribution is 2.10. The predicted molar refractivity (Wildman–Crippen MR) is 34.3 cm³/mol. The first-order chi connectivity index (χ1) is 4.29. The maximum Gasteiger partial charge on any atom is 0.179 e. The fraction of sp³-hybridized carbons (Fsp3) is 0.600. The van der Waals surface area contributed by atoms with Crippen LogP contribution in [0, 0.1) is 0 Å². The van der Waals surface area contributed by atoms with Crippen LogP contribution in [-0.2, 0) is 15.8 Å². The highest BCUT2D eigenvalue weighted by Gasteiger charge is 2.06. The first-order valence-corrected chi connectivity index (χ1v) is 3.83. The Bertz CT molecular complexity index is 144. The van der Waals surface area contributed by atoms with E-state index in [-0.39, 0.29) is 0 Å². The summed E-state index contributed by atoms with van der Waals surface area (Å²) in [6.45, 7) is 1.20.